The van der Waals surface area contributed by atoms with Gasteiger partial charge in [-0.05, 0) is 31.0 Å². The van der Waals surface area contributed by atoms with E-state index >= 15 is 0 Å². The van der Waals surface area contributed by atoms with Crippen molar-refractivity contribution < 1.29 is 15.0 Å². The number of aromatic hydroxyl groups is 1. The lowest BCUT2D eigenvalue weighted by atomic mass is 9.78. The summed E-state index contributed by atoms with van der Waals surface area (Å²) in [6.45, 7) is 3.61. The zero-order valence-electron chi connectivity index (χ0n) is 9.53. The molecule has 0 aliphatic heterocycles. The average molecular weight is 223 g/mol. The lowest BCUT2D eigenvalue weighted by Gasteiger charge is -2.25. The standard InChI is InChI=1S/C12H17NO3/c1-3-6-12(2,11(15)16)8-4-5-10(14)9(13)7-8/h4-5,7,14H,3,6,13H2,1-2H3,(H,15,16). The van der Waals surface area contributed by atoms with Crippen LogP contribution in [0.2, 0.25) is 0 Å². The number of carboxylic acid groups (broad SMARTS) is 1. The summed E-state index contributed by atoms with van der Waals surface area (Å²) in [5.41, 5.74) is 5.45. The monoisotopic (exact) mass is 223 g/mol. The van der Waals surface area contributed by atoms with Crippen molar-refractivity contribution in [2.24, 2.45) is 0 Å². The van der Waals surface area contributed by atoms with Crippen molar-refractivity contribution >= 4 is 11.7 Å². The lowest BCUT2D eigenvalue weighted by Crippen LogP contribution is -2.32. The first-order chi connectivity index (χ1) is 7.41. The van der Waals surface area contributed by atoms with Crippen molar-refractivity contribution in [3.05, 3.63) is 23.8 Å². The molecule has 1 aromatic carbocycles. The highest BCUT2D eigenvalue weighted by molar-refractivity contribution is 5.81. The fraction of sp³-hybridized carbons (Fsp3) is 0.417. The van der Waals surface area contributed by atoms with Gasteiger partial charge in [-0.2, -0.15) is 0 Å². The summed E-state index contributed by atoms with van der Waals surface area (Å²) in [4.78, 5) is 11.3. The number of aliphatic carboxylic acids is 1. The molecule has 4 heteroatoms. The van der Waals surface area contributed by atoms with E-state index < -0.39 is 11.4 Å². The van der Waals surface area contributed by atoms with Crippen LogP contribution in [-0.4, -0.2) is 16.2 Å². The Morgan fingerprint density at radius 2 is 2.12 bits per heavy atom. The van der Waals surface area contributed by atoms with Crippen LogP contribution >= 0.6 is 0 Å². The van der Waals surface area contributed by atoms with Crippen LogP contribution in [-0.2, 0) is 10.2 Å². The summed E-state index contributed by atoms with van der Waals surface area (Å²) in [5.74, 6) is -0.896. The predicted molar refractivity (Wildman–Crippen MR) is 62.4 cm³/mol. The quantitative estimate of drug-likeness (QED) is 0.539. The van der Waals surface area contributed by atoms with Gasteiger partial charge in [0.25, 0.3) is 0 Å². The van der Waals surface area contributed by atoms with Crippen molar-refractivity contribution in [1.29, 1.82) is 0 Å². The number of nitrogen functional groups attached to an aromatic ring is 1. The van der Waals surface area contributed by atoms with E-state index in [0.717, 1.165) is 6.42 Å². The zero-order valence-corrected chi connectivity index (χ0v) is 9.53. The van der Waals surface area contributed by atoms with E-state index in [1.165, 1.54) is 12.1 Å². The molecule has 1 aromatic rings. The molecule has 0 bridgehead atoms. The van der Waals surface area contributed by atoms with Crippen molar-refractivity contribution in [3.63, 3.8) is 0 Å². The molecular formula is C12H17NO3. The fourth-order valence-electron chi connectivity index (χ4n) is 1.77. The van der Waals surface area contributed by atoms with Gasteiger partial charge >= 0.3 is 5.97 Å². The predicted octanol–water partition coefficient (Wildman–Crippen LogP) is 2.12. The molecule has 0 heterocycles. The maximum absolute atomic E-state index is 11.3. The number of rotatable bonds is 4. The first-order valence-corrected chi connectivity index (χ1v) is 5.24. The van der Waals surface area contributed by atoms with Gasteiger partial charge in [-0.15, -0.1) is 0 Å². The molecule has 0 aliphatic carbocycles. The van der Waals surface area contributed by atoms with Crippen molar-refractivity contribution in [3.8, 4) is 5.75 Å². The number of phenolic OH excluding ortho intramolecular Hbond substituents is 1. The third-order valence-corrected chi connectivity index (χ3v) is 2.89. The number of carboxylic acids is 1. The number of benzene rings is 1. The Bertz CT molecular complexity index is 403. The number of anilines is 1. The normalized spacial score (nSPS) is 14.4. The summed E-state index contributed by atoms with van der Waals surface area (Å²) in [5, 5.41) is 18.6. The van der Waals surface area contributed by atoms with Crippen LogP contribution < -0.4 is 5.73 Å². The Morgan fingerprint density at radius 1 is 1.50 bits per heavy atom. The van der Waals surface area contributed by atoms with E-state index in [1.807, 2.05) is 6.92 Å². The Balaban J connectivity index is 3.21. The summed E-state index contributed by atoms with van der Waals surface area (Å²) < 4.78 is 0. The van der Waals surface area contributed by atoms with Gasteiger partial charge in [-0.3, -0.25) is 4.79 Å². The molecule has 0 amide bonds. The minimum Gasteiger partial charge on any atom is -0.506 e. The molecule has 0 fully saturated rings. The van der Waals surface area contributed by atoms with Crippen LogP contribution in [0.4, 0.5) is 5.69 Å². The zero-order chi connectivity index (χ0) is 12.3. The Labute approximate surface area is 94.7 Å². The summed E-state index contributed by atoms with van der Waals surface area (Å²) in [6.07, 6.45) is 1.30. The van der Waals surface area contributed by atoms with E-state index in [4.69, 9.17) is 5.73 Å². The first-order valence-electron chi connectivity index (χ1n) is 5.24. The van der Waals surface area contributed by atoms with Gasteiger partial charge in [0.15, 0.2) is 0 Å². The van der Waals surface area contributed by atoms with Crippen molar-refractivity contribution in [1.82, 2.24) is 0 Å². The van der Waals surface area contributed by atoms with Gasteiger partial charge in [-0.1, -0.05) is 19.4 Å². The summed E-state index contributed by atoms with van der Waals surface area (Å²) >= 11 is 0. The molecule has 0 saturated heterocycles. The Kier molecular flexibility index (Phi) is 3.42. The minimum absolute atomic E-state index is 0.0204. The molecule has 0 saturated carbocycles. The molecule has 88 valence electrons. The highest BCUT2D eigenvalue weighted by Gasteiger charge is 2.34. The van der Waals surface area contributed by atoms with Gasteiger partial charge in [0.2, 0.25) is 0 Å². The lowest BCUT2D eigenvalue weighted by molar-refractivity contribution is -0.143. The molecule has 0 aromatic heterocycles. The second kappa shape index (κ2) is 4.43. The molecular weight excluding hydrogens is 206 g/mol. The number of hydrogen-bond donors (Lipinski definition) is 3. The molecule has 0 radical (unpaired) electrons. The molecule has 0 aliphatic rings. The van der Waals surface area contributed by atoms with Crippen molar-refractivity contribution in [2.75, 3.05) is 5.73 Å². The topological polar surface area (TPSA) is 83.5 Å². The van der Waals surface area contributed by atoms with Crippen LogP contribution in [0, 0.1) is 0 Å². The molecule has 1 atom stereocenters. The second-order valence-electron chi connectivity index (χ2n) is 4.16. The third-order valence-electron chi connectivity index (χ3n) is 2.89. The number of hydrogen-bond acceptors (Lipinski definition) is 3. The van der Waals surface area contributed by atoms with E-state index in [2.05, 4.69) is 0 Å². The maximum atomic E-state index is 11.3. The highest BCUT2D eigenvalue weighted by atomic mass is 16.4. The summed E-state index contributed by atoms with van der Waals surface area (Å²) in [6, 6.07) is 4.57. The number of carbonyl (C=O) groups is 1. The third kappa shape index (κ3) is 2.10. The maximum Gasteiger partial charge on any atom is 0.313 e. The SMILES string of the molecule is CCCC(C)(C(=O)O)c1ccc(O)c(N)c1. The molecule has 4 N–H and O–H groups in total. The average Bonchev–Trinajstić information content (AvgIpc) is 2.22. The van der Waals surface area contributed by atoms with E-state index in [1.54, 1.807) is 13.0 Å². The second-order valence-corrected chi connectivity index (χ2v) is 4.16. The van der Waals surface area contributed by atoms with Crippen LogP contribution in [0.5, 0.6) is 5.75 Å². The van der Waals surface area contributed by atoms with Crippen LogP contribution in [0.15, 0.2) is 18.2 Å². The van der Waals surface area contributed by atoms with E-state index in [9.17, 15) is 15.0 Å². The first kappa shape index (κ1) is 12.4. The van der Waals surface area contributed by atoms with E-state index in [-0.39, 0.29) is 11.4 Å². The van der Waals surface area contributed by atoms with Gasteiger partial charge in [-0.25, -0.2) is 0 Å². The van der Waals surface area contributed by atoms with Crippen LogP contribution in [0.3, 0.4) is 0 Å². The fourth-order valence-corrected chi connectivity index (χ4v) is 1.77. The number of phenols is 1. The minimum atomic E-state index is -0.948. The molecule has 1 unspecified atom stereocenters. The Hall–Kier alpha value is -1.71. The van der Waals surface area contributed by atoms with Gasteiger partial charge in [0.05, 0.1) is 11.1 Å². The van der Waals surface area contributed by atoms with Crippen LogP contribution in [0.25, 0.3) is 0 Å². The van der Waals surface area contributed by atoms with Gasteiger partial charge in [0.1, 0.15) is 5.75 Å². The van der Waals surface area contributed by atoms with Gasteiger partial charge in [0, 0.05) is 0 Å². The largest absolute Gasteiger partial charge is 0.506 e. The Morgan fingerprint density at radius 3 is 2.56 bits per heavy atom. The molecule has 4 nitrogen and oxygen atoms in total. The van der Waals surface area contributed by atoms with Crippen molar-refractivity contribution in [2.45, 2.75) is 32.1 Å². The molecule has 0 spiro atoms. The summed E-state index contributed by atoms with van der Waals surface area (Å²) in [7, 11) is 0. The molecule has 1 rings (SSSR count). The highest BCUT2D eigenvalue weighted by Crippen LogP contribution is 2.33. The number of nitrogens with two attached hydrogens (primary N) is 1. The smallest absolute Gasteiger partial charge is 0.313 e. The van der Waals surface area contributed by atoms with Gasteiger partial charge < -0.3 is 15.9 Å². The molecule has 16 heavy (non-hydrogen) atoms. The van der Waals surface area contributed by atoms with Crippen LogP contribution in [0.1, 0.15) is 32.3 Å². The van der Waals surface area contributed by atoms with E-state index in [0.29, 0.717) is 12.0 Å².